The van der Waals surface area contributed by atoms with Gasteiger partial charge in [-0.3, -0.25) is 0 Å². The summed E-state index contributed by atoms with van der Waals surface area (Å²) >= 11 is 5.52. The molecule has 0 spiro atoms. The third-order valence-corrected chi connectivity index (χ3v) is 2.62. The molecule has 0 saturated carbocycles. The van der Waals surface area contributed by atoms with Crippen LogP contribution in [0.4, 0.5) is 13.2 Å². The fraction of sp³-hybridized carbons (Fsp3) is 0.0769. The van der Waals surface area contributed by atoms with Crippen molar-refractivity contribution in [1.29, 1.82) is 0 Å². The van der Waals surface area contributed by atoms with Crippen molar-refractivity contribution in [3.63, 3.8) is 0 Å². The van der Waals surface area contributed by atoms with Crippen molar-refractivity contribution in [2.45, 2.75) is 6.92 Å². The zero-order chi connectivity index (χ0) is 12.6. The smallest absolute Gasteiger partial charge is 0.150 e. The fourth-order valence-corrected chi connectivity index (χ4v) is 1.77. The van der Waals surface area contributed by atoms with Gasteiger partial charge in [0.15, 0.2) is 0 Å². The van der Waals surface area contributed by atoms with Gasteiger partial charge in [-0.15, -0.1) is 0 Å². The number of rotatable bonds is 1. The summed E-state index contributed by atoms with van der Waals surface area (Å²) < 4.78 is 40.9. The highest BCUT2D eigenvalue weighted by atomic mass is 35.5. The van der Waals surface area contributed by atoms with Gasteiger partial charge in [-0.25, -0.2) is 13.2 Å². The summed E-state index contributed by atoms with van der Waals surface area (Å²) in [6.45, 7) is 1.55. The summed E-state index contributed by atoms with van der Waals surface area (Å²) in [6.07, 6.45) is 0. The van der Waals surface area contributed by atoms with Gasteiger partial charge in [0.05, 0.1) is 10.6 Å². The summed E-state index contributed by atoms with van der Waals surface area (Å²) in [4.78, 5) is 0. The molecule has 0 saturated heterocycles. The van der Waals surface area contributed by atoms with E-state index >= 15 is 0 Å². The number of hydrogen-bond acceptors (Lipinski definition) is 0. The number of benzene rings is 2. The molecule has 0 aliphatic rings. The predicted octanol–water partition coefficient (Wildman–Crippen LogP) is 4.53. The van der Waals surface area contributed by atoms with Crippen LogP contribution in [-0.2, 0) is 0 Å². The average molecular weight is 256 g/mol. The molecule has 17 heavy (non-hydrogen) atoms. The van der Waals surface area contributed by atoms with Gasteiger partial charge in [-0.05, 0) is 24.6 Å². The highest BCUT2D eigenvalue weighted by Gasteiger charge is 2.17. The van der Waals surface area contributed by atoms with Gasteiger partial charge in [-0.2, -0.15) is 0 Å². The van der Waals surface area contributed by atoms with Gasteiger partial charge in [-0.1, -0.05) is 23.7 Å². The molecular formula is C13H7ClF3. The molecule has 2 rings (SSSR count). The Labute approximate surface area is 102 Å². The Kier molecular flexibility index (Phi) is 3.11. The molecule has 2 aromatic rings. The fourth-order valence-electron chi connectivity index (χ4n) is 1.60. The average Bonchev–Trinajstić information content (AvgIpc) is 2.23. The molecule has 1 radical (unpaired) electrons. The van der Waals surface area contributed by atoms with Crippen molar-refractivity contribution in [2.24, 2.45) is 0 Å². The van der Waals surface area contributed by atoms with Crippen LogP contribution >= 0.6 is 11.6 Å². The van der Waals surface area contributed by atoms with Crippen LogP contribution in [0.3, 0.4) is 0 Å². The second kappa shape index (κ2) is 4.41. The van der Waals surface area contributed by atoms with Crippen LogP contribution in [0.25, 0.3) is 11.1 Å². The zero-order valence-corrected chi connectivity index (χ0v) is 9.58. The van der Waals surface area contributed by atoms with Crippen LogP contribution < -0.4 is 0 Å². The highest BCUT2D eigenvalue weighted by molar-refractivity contribution is 6.30. The Morgan fingerprint density at radius 1 is 1.12 bits per heavy atom. The molecule has 0 unspecified atom stereocenters. The van der Waals surface area contributed by atoms with Crippen molar-refractivity contribution in [2.75, 3.05) is 0 Å². The molecule has 4 heteroatoms. The lowest BCUT2D eigenvalue weighted by Gasteiger charge is -2.08. The predicted molar refractivity (Wildman–Crippen MR) is 60.3 cm³/mol. The van der Waals surface area contributed by atoms with E-state index in [2.05, 4.69) is 6.07 Å². The van der Waals surface area contributed by atoms with Crippen LogP contribution in [0, 0.1) is 30.4 Å². The third kappa shape index (κ3) is 2.15. The SMILES string of the molecule is Cc1cc(F)c(-c2cc[c]c(Cl)c2F)c(F)c1. The van der Waals surface area contributed by atoms with Crippen LogP contribution in [0.2, 0.25) is 5.02 Å². The Morgan fingerprint density at radius 3 is 2.29 bits per heavy atom. The Morgan fingerprint density at radius 2 is 1.71 bits per heavy atom. The molecule has 0 aliphatic heterocycles. The second-order valence-corrected chi connectivity index (χ2v) is 4.00. The summed E-state index contributed by atoms with van der Waals surface area (Å²) in [5, 5.41) is -0.290. The van der Waals surface area contributed by atoms with Crippen molar-refractivity contribution in [3.05, 3.63) is 58.4 Å². The van der Waals surface area contributed by atoms with Crippen LogP contribution in [0.1, 0.15) is 5.56 Å². The summed E-state index contributed by atoms with van der Waals surface area (Å²) in [5.41, 5.74) is -0.189. The largest absolute Gasteiger partial charge is 0.206 e. The van der Waals surface area contributed by atoms with E-state index in [0.29, 0.717) is 5.56 Å². The molecule has 0 atom stereocenters. The minimum absolute atomic E-state index is 0.205. The van der Waals surface area contributed by atoms with Crippen LogP contribution in [-0.4, -0.2) is 0 Å². The lowest BCUT2D eigenvalue weighted by atomic mass is 10.0. The minimum Gasteiger partial charge on any atom is -0.206 e. The van der Waals surface area contributed by atoms with E-state index in [9.17, 15) is 13.2 Å². The van der Waals surface area contributed by atoms with Gasteiger partial charge in [0.2, 0.25) is 0 Å². The molecule has 0 N–H and O–H groups in total. The standard InChI is InChI=1S/C13H7ClF3/c1-7-5-10(15)12(11(16)6-7)8-3-2-4-9(14)13(8)17/h2-3,5-6H,1H3. The minimum atomic E-state index is -0.879. The molecule has 0 bridgehead atoms. The molecule has 0 aromatic heterocycles. The number of halogens is 4. The van der Waals surface area contributed by atoms with Crippen LogP contribution in [0.15, 0.2) is 24.3 Å². The monoisotopic (exact) mass is 255 g/mol. The Balaban J connectivity index is 2.73. The summed E-state index contributed by atoms with van der Waals surface area (Å²) in [6, 6.07) is 7.24. The maximum atomic E-state index is 13.7. The molecule has 0 aliphatic carbocycles. The molecule has 87 valence electrons. The lowest BCUT2D eigenvalue weighted by Crippen LogP contribution is -1.95. The van der Waals surface area contributed by atoms with Gasteiger partial charge < -0.3 is 0 Å². The molecule has 2 aromatic carbocycles. The zero-order valence-electron chi connectivity index (χ0n) is 8.82. The van der Waals surface area contributed by atoms with Crippen molar-refractivity contribution < 1.29 is 13.2 Å². The first-order valence-electron chi connectivity index (χ1n) is 4.82. The van der Waals surface area contributed by atoms with Crippen molar-refractivity contribution in [1.82, 2.24) is 0 Å². The first-order chi connectivity index (χ1) is 8.00. The lowest BCUT2D eigenvalue weighted by molar-refractivity contribution is 0.580. The van der Waals surface area contributed by atoms with Crippen molar-refractivity contribution in [3.8, 4) is 11.1 Å². The second-order valence-electron chi connectivity index (χ2n) is 3.62. The van der Waals surface area contributed by atoms with E-state index < -0.39 is 23.0 Å². The molecule has 0 heterocycles. The quantitative estimate of drug-likeness (QED) is 0.702. The first-order valence-corrected chi connectivity index (χ1v) is 5.20. The molecule has 0 fully saturated rings. The van der Waals surface area contributed by atoms with Crippen molar-refractivity contribution >= 4 is 11.6 Å². The molecular weight excluding hydrogens is 249 g/mol. The summed E-state index contributed by atoms with van der Waals surface area (Å²) in [5.74, 6) is -2.51. The summed E-state index contributed by atoms with van der Waals surface area (Å²) in [7, 11) is 0. The Hall–Kier alpha value is -1.48. The normalized spacial score (nSPS) is 10.6. The topological polar surface area (TPSA) is 0 Å². The van der Waals surface area contributed by atoms with Crippen LogP contribution in [0.5, 0.6) is 0 Å². The van der Waals surface area contributed by atoms with E-state index in [1.54, 1.807) is 6.92 Å². The maximum absolute atomic E-state index is 13.7. The van der Waals surface area contributed by atoms with E-state index in [1.807, 2.05) is 0 Å². The first kappa shape index (κ1) is 12.0. The highest BCUT2D eigenvalue weighted by Crippen LogP contribution is 2.31. The third-order valence-electron chi connectivity index (χ3n) is 2.35. The number of hydrogen-bond donors (Lipinski definition) is 0. The Bertz CT molecular complexity index is 556. The number of aryl methyl sites for hydroxylation is 1. The van der Waals surface area contributed by atoms with E-state index in [-0.39, 0.29) is 10.6 Å². The van der Waals surface area contributed by atoms with Gasteiger partial charge in [0, 0.05) is 11.6 Å². The maximum Gasteiger partial charge on any atom is 0.150 e. The molecule has 0 amide bonds. The van der Waals surface area contributed by atoms with Gasteiger partial charge in [0.1, 0.15) is 17.5 Å². The van der Waals surface area contributed by atoms with Gasteiger partial charge >= 0.3 is 0 Å². The molecule has 0 nitrogen and oxygen atoms in total. The van der Waals surface area contributed by atoms with E-state index in [4.69, 9.17) is 11.6 Å². The van der Waals surface area contributed by atoms with E-state index in [1.165, 1.54) is 12.1 Å². The van der Waals surface area contributed by atoms with Gasteiger partial charge in [0.25, 0.3) is 0 Å². The van der Waals surface area contributed by atoms with E-state index in [0.717, 1.165) is 12.1 Å².